The summed E-state index contributed by atoms with van der Waals surface area (Å²) in [6, 6.07) is 0. The van der Waals surface area contributed by atoms with Crippen molar-refractivity contribution < 1.29 is 32.6 Å². The summed E-state index contributed by atoms with van der Waals surface area (Å²) in [5.41, 5.74) is -4.23. The fourth-order valence-electron chi connectivity index (χ4n) is 3.27. The van der Waals surface area contributed by atoms with Gasteiger partial charge in [-0.2, -0.15) is 8.78 Å². The van der Waals surface area contributed by atoms with Crippen LogP contribution < -0.4 is 0 Å². The van der Waals surface area contributed by atoms with Crippen molar-refractivity contribution in [3.63, 3.8) is 0 Å². The number of amides is 1. The zero-order valence-electron chi connectivity index (χ0n) is 14.5. The molecule has 0 radical (unpaired) electrons. The topological polar surface area (TPSA) is 65.1 Å². The first-order valence-corrected chi connectivity index (χ1v) is 8.02. The second-order valence-electron chi connectivity index (χ2n) is 5.99. The number of alkyl halides is 2. The fraction of sp³-hybridized carbons (Fsp3) is 0.750. The first-order valence-electron chi connectivity index (χ1n) is 8.02. The second kappa shape index (κ2) is 5.98. The highest BCUT2D eigenvalue weighted by Gasteiger charge is 2.84. The van der Waals surface area contributed by atoms with Gasteiger partial charge in [-0.15, -0.1) is 0 Å². The molecule has 0 aromatic carbocycles. The molecule has 136 valence electrons. The molecule has 1 saturated heterocycles. The molecule has 3 atom stereocenters. The van der Waals surface area contributed by atoms with Gasteiger partial charge in [0.15, 0.2) is 0 Å². The van der Waals surface area contributed by atoms with Gasteiger partial charge in [0, 0.05) is 13.1 Å². The van der Waals surface area contributed by atoms with Gasteiger partial charge < -0.3 is 19.1 Å². The number of fused-ring (bicyclic) bond motifs is 2. The Labute approximate surface area is 139 Å². The van der Waals surface area contributed by atoms with Gasteiger partial charge in [-0.05, 0) is 46.3 Å². The van der Waals surface area contributed by atoms with Gasteiger partial charge in [0.25, 0.3) is 0 Å². The molecule has 8 heteroatoms. The third kappa shape index (κ3) is 2.15. The van der Waals surface area contributed by atoms with Gasteiger partial charge in [0.05, 0.1) is 6.61 Å². The predicted octanol–water partition coefficient (Wildman–Crippen LogP) is 2.52. The van der Waals surface area contributed by atoms with Crippen molar-refractivity contribution in [3.8, 4) is 0 Å². The van der Waals surface area contributed by atoms with Crippen LogP contribution >= 0.6 is 0 Å². The van der Waals surface area contributed by atoms with Crippen LogP contribution in [0.3, 0.4) is 0 Å². The number of ether oxygens (including phenoxy) is 3. The Hall–Kier alpha value is -1.70. The molecule has 1 fully saturated rings. The number of nitrogens with zero attached hydrogens (tertiary/aromatic N) is 1. The molecule has 24 heavy (non-hydrogen) atoms. The molecule has 2 aliphatic heterocycles. The monoisotopic (exact) mass is 347 g/mol. The summed E-state index contributed by atoms with van der Waals surface area (Å²) >= 11 is 0. The SMILES string of the molecule is CCOC(=O)[C@]1(OC(=O)N(CC)CC)C(F)(F)[C@H]2C=C(C)[C@]1(C)O2. The van der Waals surface area contributed by atoms with Crippen molar-refractivity contribution in [3.05, 3.63) is 11.6 Å². The third-order valence-corrected chi connectivity index (χ3v) is 4.84. The number of carbonyl (C=O) groups excluding carboxylic acids is 2. The van der Waals surface area contributed by atoms with Crippen molar-refractivity contribution in [1.29, 1.82) is 0 Å². The van der Waals surface area contributed by atoms with Crippen LogP contribution in [0.4, 0.5) is 13.6 Å². The van der Waals surface area contributed by atoms with E-state index in [2.05, 4.69) is 0 Å². The van der Waals surface area contributed by atoms with Gasteiger partial charge in [0.1, 0.15) is 11.7 Å². The molecule has 2 bridgehead atoms. The molecule has 0 spiro atoms. The lowest BCUT2D eigenvalue weighted by Crippen LogP contribution is -2.69. The van der Waals surface area contributed by atoms with Gasteiger partial charge >= 0.3 is 23.6 Å². The van der Waals surface area contributed by atoms with E-state index in [0.29, 0.717) is 5.57 Å². The molecular formula is C16H23F2NO5. The molecule has 0 aromatic heterocycles. The quantitative estimate of drug-likeness (QED) is 0.565. The lowest BCUT2D eigenvalue weighted by molar-refractivity contribution is -0.215. The van der Waals surface area contributed by atoms with Crippen LogP contribution in [0, 0.1) is 0 Å². The number of halogens is 2. The molecule has 0 aliphatic carbocycles. The molecule has 2 aliphatic rings. The molecule has 0 saturated carbocycles. The summed E-state index contributed by atoms with van der Waals surface area (Å²) in [5.74, 6) is -5.04. The summed E-state index contributed by atoms with van der Waals surface area (Å²) in [6.45, 7) is 8.15. The Morgan fingerprint density at radius 2 is 1.88 bits per heavy atom. The van der Waals surface area contributed by atoms with Crippen LogP contribution in [0.15, 0.2) is 11.6 Å². The van der Waals surface area contributed by atoms with Crippen molar-refractivity contribution >= 4 is 12.1 Å². The Balaban J connectivity index is 2.55. The molecule has 2 heterocycles. The number of hydrogen-bond donors (Lipinski definition) is 0. The normalized spacial score (nSPS) is 33.1. The fourth-order valence-corrected chi connectivity index (χ4v) is 3.27. The van der Waals surface area contributed by atoms with E-state index in [0.717, 1.165) is 0 Å². The van der Waals surface area contributed by atoms with Crippen LogP contribution in [0.25, 0.3) is 0 Å². The molecule has 0 unspecified atom stereocenters. The van der Waals surface area contributed by atoms with E-state index in [1.165, 1.54) is 24.8 Å². The van der Waals surface area contributed by atoms with Gasteiger partial charge in [-0.1, -0.05) is 0 Å². The lowest BCUT2D eigenvalue weighted by atomic mass is 9.72. The maximum Gasteiger partial charge on any atom is 0.411 e. The van der Waals surface area contributed by atoms with Crippen molar-refractivity contribution in [1.82, 2.24) is 4.90 Å². The molecular weight excluding hydrogens is 324 g/mol. The largest absolute Gasteiger partial charge is 0.463 e. The maximum absolute atomic E-state index is 15.0. The van der Waals surface area contributed by atoms with Crippen LogP contribution in [-0.2, 0) is 19.0 Å². The van der Waals surface area contributed by atoms with Gasteiger partial charge in [-0.3, -0.25) is 0 Å². The lowest BCUT2D eigenvalue weighted by Gasteiger charge is -2.43. The smallest absolute Gasteiger partial charge is 0.411 e. The van der Waals surface area contributed by atoms with Crippen LogP contribution in [0.5, 0.6) is 0 Å². The van der Waals surface area contributed by atoms with E-state index in [4.69, 9.17) is 14.2 Å². The van der Waals surface area contributed by atoms with Crippen LogP contribution in [0.2, 0.25) is 0 Å². The number of hydrogen-bond acceptors (Lipinski definition) is 5. The molecule has 0 aromatic rings. The minimum Gasteiger partial charge on any atom is -0.463 e. The van der Waals surface area contributed by atoms with E-state index < -0.39 is 35.3 Å². The summed E-state index contributed by atoms with van der Waals surface area (Å²) in [5, 5.41) is 0. The highest BCUT2D eigenvalue weighted by molar-refractivity contribution is 5.88. The Bertz CT molecular complexity index is 575. The number of carbonyl (C=O) groups is 2. The van der Waals surface area contributed by atoms with Crippen molar-refractivity contribution in [2.45, 2.75) is 57.8 Å². The minimum atomic E-state index is -3.74. The Morgan fingerprint density at radius 3 is 2.33 bits per heavy atom. The average Bonchev–Trinajstić information content (AvgIpc) is 2.90. The predicted molar refractivity (Wildman–Crippen MR) is 80.7 cm³/mol. The highest BCUT2D eigenvalue weighted by Crippen LogP contribution is 2.60. The van der Waals surface area contributed by atoms with Crippen molar-refractivity contribution in [2.75, 3.05) is 19.7 Å². The maximum atomic E-state index is 15.0. The summed E-state index contributed by atoms with van der Waals surface area (Å²) in [6.07, 6.45) is -1.39. The summed E-state index contributed by atoms with van der Waals surface area (Å²) < 4.78 is 45.4. The first kappa shape index (κ1) is 18.6. The van der Waals surface area contributed by atoms with E-state index >= 15 is 8.78 Å². The van der Waals surface area contributed by atoms with E-state index in [1.807, 2.05) is 0 Å². The first-order chi connectivity index (χ1) is 11.1. The zero-order chi connectivity index (χ0) is 18.3. The minimum absolute atomic E-state index is 0.122. The van der Waals surface area contributed by atoms with E-state index in [-0.39, 0.29) is 19.7 Å². The number of esters is 1. The molecule has 2 rings (SSSR count). The third-order valence-electron chi connectivity index (χ3n) is 4.84. The van der Waals surface area contributed by atoms with Gasteiger partial charge in [-0.25, -0.2) is 9.59 Å². The summed E-state index contributed by atoms with van der Waals surface area (Å²) in [7, 11) is 0. The second-order valence-corrected chi connectivity index (χ2v) is 5.99. The Kier molecular flexibility index (Phi) is 4.65. The molecule has 6 nitrogen and oxygen atoms in total. The Morgan fingerprint density at radius 1 is 1.29 bits per heavy atom. The highest BCUT2D eigenvalue weighted by atomic mass is 19.3. The van der Waals surface area contributed by atoms with Gasteiger partial charge in [0.2, 0.25) is 0 Å². The molecule has 1 amide bonds. The van der Waals surface area contributed by atoms with E-state index in [1.54, 1.807) is 20.8 Å². The van der Waals surface area contributed by atoms with Crippen LogP contribution in [0.1, 0.15) is 34.6 Å². The van der Waals surface area contributed by atoms with Crippen molar-refractivity contribution in [2.24, 2.45) is 0 Å². The standard InChI is InChI=1S/C16H23F2NO5/c1-6-19(7-2)13(21)24-15(12(20)22-8-3)14(5)10(4)9-11(23-14)16(15,17)18/h9,11H,6-8H2,1-5H3/t11-,14+,15-/m1/s1. The summed E-state index contributed by atoms with van der Waals surface area (Å²) in [4.78, 5) is 26.1. The molecule has 0 N–H and O–H groups in total. The zero-order valence-corrected chi connectivity index (χ0v) is 14.5. The van der Waals surface area contributed by atoms with Crippen LogP contribution in [-0.4, -0.2) is 59.9 Å². The number of rotatable bonds is 5. The average molecular weight is 347 g/mol. The van der Waals surface area contributed by atoms with E-state index in [9.17, 15) is 9.59 Å².